The molecule has 156 valence electrons. The molecule has 1 saturated carbocycles. The van der Waals surface area contributed by atoms with Crippen LogP contribution in [-0.2, 0) is 19.7 Å². The molecule has 28 heavy (non-hydrogen) atoms. The highest BCUT2D eigenvalue weighted by Crippen LogP contribution is 2.38. The molecule has 1 unspecified atom stereocenters. The number of hydrogen-bond donors (Lipinski definition) is 5. The summed E-state index contributed by atoms with van der Waals surface area (Å²) in [6.07, 6.45) is 4.26. The molecule has 2 atom stereocenters. The Kier molecular flexibility index (Phi) is 7.27. The standard InChI is InChI=1S/C17H24ClN3O6S/c18-9-6-12(16(23)13(7-9)28(25,26)27)11(8-14(19)22)15(20)17(24)21-10-4-2-1-3-5-10/h6-7,10-11,15,23H,1-5,8,20H2,(H2,19,22)(H,21,24)(H,25,26,27)/t11?,15-/m0/s1. The van der Waals surface area contributed by atoms with Crippen molar-refractivity contribution in [3.05, 3.63) is 22.7 Å². The minimum Gasteiger partial charge on any atom is -0.506 e. The predicted molar refractivity (Wildman–Crippen MR) is 102 cm³/mol. The van der Waals surface area contributed by atoms with E-state index >= 15 is 0 Å². The lowest BCUT2D eigenvalue weighted by Crippen LogP contribution is -2.49. The van der Waals surface area contributed by atoms with E-state index in [1.807, 2.05) is 0 Å². The van der Waals surface area contributed by atoms with Crippen molar-refractivity contribution < 1.29 is 27.7 Å². The Hall–Kier alpha value is -1.88. The van der Waals surface area contributed by atoms with Crippen LogP contribution in [0.5, 0.6) is 5.75 Å². The van der Waals surface area contributed by atoms with Crippen molar-refractivity contribution in [3.8, 4) is 5.75 Å². The maximum absolute atomic E-state index is 12.6. The van der Waals surface area contributed by atoms with Crippen molar-refractivity contribution in [1.82, 2.24) is 5.32 Å². The maximum atomic E-state index is 12.6. The maximum Gasteiger partial charge on any atom is 0.298 e. The molecule has 2 rings (SSSR count). The summed E-state index contributed by atoms with van der Waals surface area (Å²) < 4.78 is 32.3. The van der Waals surface area contributed by atoms with E-state index in [9.17, 15) is 27.7 Å². The molecule has 1 aliphatic rings. The summed E-state index contributed by atoms with van der Waals surface area (Å²) in [5.74, 6) is -3.33. The zero-order chi connectivity index (χ0) is 21.1. The van der Waals surface area contributed by atoms with Crippen LogP contribution in [0, 0.1) is 0 Å². The zero-order valence-corrected chi connectivity index (χ0v) is 16.7. The number of nitrogens with two attached hydrogens (primary N) is 2. The van der Waals surface area contributed by atoms with Crippen molar-refractivity contribution in [3.63, 3.8) is 0 Å². The molecule has 1 fully saturated rings. The number of nitrogens with one attached hydrogen (secondary N) is 1. The second-order valence-corrected chi connectivity index (χ2v) is 8.79. The van der Waals surface area contributed by atoms with Gasteiger partial charge in [0, 0.05) is 29.0 Å². The Morgan fingerprint density at radius 2 is 1.86 bits per heavy atom. The minimum atomic E-state index is -4.80. The predicted octanol–water partition coefficient (Wildman–Crippen LogP) is 1.03. The Balaban J connectivity index is 2.39. The van der Waals surface area contributed by atoms with E-state index in [0.717, 1.165) is 38.2 Å². The fourth-order valence-corrected chi connectivity index (χ4v) is 4.38. The number of amides is 2. The van der Waals surface area contributed by atoms with E-state index in [1.54, 1.807) is 0 Å². The first-order valence-corrected chi connectivity index (χ1v) is 10.7. The van der Waals surface area contributed by atoms with Crippen LogP contribution in [0.3, 0.4) is 0 Å². The summed E-state index contributed by atoms with van der Waals surface area (Å²) >= 11 is 5.90. The Bertz CT molecular complexity index is 855. The van der Waals surface area contributed by atoms with Crippen molar-refractivity contribution in [2.24, 2.45) is 11.5 Å². The van der Waals surface area contributed by atoms with Crippen LogP contribution in [0.4, 0.5) is 0 Å². The molecule has 11 heteroatoms. The molecule has 7 N–H and O–H groups in total. The Morgan fingerprint density at radius 3 is 2.39 bits per heavy atom. The molecular weight excluding hydrogens is 410 g/mol. The molecule has 0 saturated heterocycles. The van der Waals surface area contributed by atoms with Gasteiger partial charge in [0.15, 0.2) is 0 Å². The highest BCUT2D eigenvalue weighted by Gasteiger charge is 2.33. The van der Waals surface area contributed by atoms with Crippen LogP contribution in [0.25, 0.3) is 0 Å². The quantitative estimate of drug-likeness (QED) is 0.399. The van der Waals surface area contributed by atoms with Gasteiger partial charge in [-0.25, -0.2) is 0 Å². The monoisotopic (exact) mass is 433 g/mol. The molecule has 0 aliphatic heterocycles. The lowest BCUT2D eigenvalue weighted by Gasteiger charge is -2.28. The van der Waals surface area contributed by atoms with Crippen molar-refractivity contribution >= 4 is 33.5 Å². The minimum absolute atomic E-state index is 0.0390. The van der Waals surface area contributed by atoms with E-state index in [1.165, 1.54) is 6.07 Å². The summed E-state index contributed by atoms with van der Waals surface area (Å²) in [7, 11) is -4.80. The molecule has 0 aromatic heterocycles. The largest absolute Gasteiger partial charge is 0.506 e. The fourth-order valence-electron chi connectivity index (χ4n) is 3.45. The number of phenols is 1. The number of aromatic hydroxyl groups is 1. The number of rotatable bonds is 7. The van der Waals surface area contributed by atoms with Crippen LogP contribution in [0.2, 0.25) is 5.02 Å². The first kappa shape index (κ1) is 22.4. The molecule has 9 nitrogen and oxygen atoms in total. The number of phenolic OH excluding ortho intramolecular Hbond substituents is 1. The van der Waals surface area contributed by atoms with Crippen molar-refractivity contribution in [2.75, 3.05) is 0 Å². The van der Waals surface area contributed by atoms with Crippen LogP contribution >= 0.6 is 11.6 Å². The lowest BCUT2D eigenvalue weighted by molar-refractivity contribution is -0.124. The molecule has 0 heterocycles. The molecular formula is C17H24ClN3O6S. The van der Waals surface area contributed by atoms with Gasteiger partial charge in [-0.3, -0.25) is 14.1 Å². The number of hydrogen-bond acceptors (Lipinski definition) is 6. The van der Waals surface area contributed by atoms with E-state index in [-0.39, 0.29) is 16.6 Å². The van der Waals surface area contributed by atoms with E-state index in [0.29, 0.717) is 0 Å². The van der Waals surface area contributed by atoms with Gasteiger partial charge in [0.2, 0.25) is 11.8 Å². The van der Waals surface area contributed by atoms with Gasteiger partial charge < -0.3 is 21.9 Å². The third-order valence-corrected chi connectivity index (χ3v) is 5.94. The first-order chi connectivity index (χ1) is 13.0. The Morgan fingerprint density at radius 1 is 1.25 bits per heavy atom. The highest BCUT2D eigenvalue weighted by molar-refractivity contribution is 7.86. The van der Waals surface area contributed by atoms with Crippen LogP contribution in [0.1, 0.15) is 50.0 Å². The summed E-state index contributed by atoms with van der Waals surface area (Å²) in [5, 5.41) is 13.0. The summed E-state index contributed by atoms with van der Waals surface area (Å²) in [6, 6.07) is 0.702. The highest BCUT2D eigenvalue weighted by atomic mass is 35.5. The van der Waals surface area contributed by atoms with Crippen molar-refractivity contribution in [1.29, 1.82) is 0 Å². The number of carbonyl (C=O) groups excluding carboxylic acids is 2. The van der Waals surface area contributed by atoms with Gasteiger partial charge in [0.1, 0.15) is 10.6 Å². The van der Waals surface area contributed by atoms with Crippen LogP contribution < -0.4 is 16.8 Å². The van der Waals surface area contributed by atoms with E-state index < -0.39 is 51.0 Å². The summed E-state index contributed by atoms with van der Waals surface area (Å²) in [4.78, 5) is 23.3. The molecule has 1 aliphatic carbocycles. The molecule has 1 aromatic rings. The topological polar surface area (TPSA) is 173 Å². The molecule has 0 radical (unpaired) electrons. The number of benzene rings is 1. The second kappa shape index (κ2) is 9.08. The second-order valence-electron chi connectivity index (χ2n) is 6.96. The van der Waals surface area contributed by atoms with Crippen molar-refractivity contribution in [2.45, 2.75) is 61.4 Å². The van der Waals surface area contributed by atoms with Gasteiger partial charge in [0.05, 0.1) is 6.04 Å². The normalized spacial score (nSPS) is 17.7. The van der Waals surface area contributed by atoms with Crippen LogP contribution in [-0.4, -0.2) is 42.0 Å². The molecule has 1 aromatic carbocycles. The van der Waals surface area contributed by atoms with Gasteiger partial charge >= 0.3 is 0 Å². The summed E-state index contributed by atoms with van der Waals surface area (Å²) in [5.41, 5.74) is 11.1. The Labute approximate surface area is 168 Å². The average molecular weight is 434 g/mol. The summed E-state index contributed by atoms with van der Waals surface area (Å²) in [6.45, 7) is 0. The number of primary amides is 1. The fraction of sp³-hybridized carbons (Fsp3) is 0.529. The van der Waals surface area contributed by atoms with Gasteiger partial charge in [-0.15, -0.1) is 0 Å². The van der Waals surface area contributed by atoms with E-state index in [4.69, 9.17) is 23.1 Å². The molecule has 0 spiro atoms. The average Bonchev–Trinajstić information content (AvgIpc) is 2.60. The third kappa shape index (κ3) is 5.57. The molecule has 2 amide bonds. The SMILES string of the molecule is NC(=O)CC(c1cc(Cl)cc(S(=O)(=O)O)c1O)[C@H](N)C(=O)NC1CCCCC1. The van der Waals surface area contributed by atoms with Gasteiger partial charge in [-0.1, -0.05) is 30.9 Å². The van der Waals surface area contributed by atoms with Crippen LogP contribution in [0.15, 0.2) is 17.0 Å². The first-order valence-electron chi connectivity index (χ1n) is 8.85. The van der Waals surface area contributed by atoms with Gasteiger partial charge in [-0.2, -0.15) is 8.42 Å². The lowest BCUT2D eigenvalue weighted by atomic mass is 9.87. The zero-order valence-electron chi connectivity index (χ0n) is 15.1. The molecule has 0 bridgehead atoms. The number of halogens is 1. The third-order valence-electron chi connectivity index (χ3n) is 4.86. The van der Waals surface area contributed by atoms with Gasteiger partial charge in [-0.05, 0) is 25.0 Å². The number of carbonyl (C=O) groups is 2. The smallest absolute Gasteiger partial charge is 0.298 e. The van der Waals surface area contributed by atoms with E-state index in [2.05, 4.69) is 5.32 Å². The van der Waals surface area contributed by atoms with Gasteiger partial charge in [0.25, 0.3) is 10.1 Å².